The average Bonchev–Trinajstić information content (AvgIpc) is 2.79. The zero-order chi connectivity index (χ0) is 25.6. The third-order valence-electron chi connectivity index (χ3n) is 6.08. The first kappa shape index (κ1) is 25.8. The fourth-order valence-corrected chi connectivity index (χ4v) is 4.19. The molecule has 4 rings (SSSR count). The highest BCUT2D eigenvalue weighted by Crippen LogP contribution is 2.33. The molecule has 7 N–H and O–H groups in total. The predicted octanol–water partition coefficient (Wildman–Crippen LogP) is -2.16. The fourth-order valence-electron chi connectivity index (χ4n) is 4.19. The standard InChI is InChI=1S/C22H28O13/c1-7-3-10(24)14-11(25)4-9(5-12(14)31-7)33-21-19(30)17(28)20(8(2)32-21)35-22-18(29)16(27)15(26)13(6-23)34-22/h3-5,8,13,15-23,25-30H,6H2,1-2H3/t8-,13+,15+,16-,17-,18+,19+,20-,21-,22-/m0/s1. The molecule has 10 atom stereocenters. The number of ether oxygens (including phenoxy) is 4. The number of aromatic hydroxyl groups is 1. The Balaban J connectivity index is 1.49. The Morgan fingerprint density at radius 1 is 0.914 bits per heavy atom. The molecule has 13 heteroatoms. The van der Waals surface area contributed by atoms with Crippen molar-refractivity contribution in [3.8, 4) is 11.5 Å². The van der Waals surface area contributed by atoms with Gasteiger partial charge in [-0.3, -0.25) is 4.79 Å². The lowest BCUT2D eigenvalue weighted by molar-refractivity contribution is -0.348. The van der Waals surface area contributed by atoms with Crippen molar-refractivity contribution < 1.29 is 59.1 Å². The van der Waals surface area contributed by atoms with Crippen LogP contribution >= 0.6 is 0 Å². The SMILES string of the molecule is Cc1cc(=O)c2c(O)cc(O[C@@H]3O[C@@H](C)[C@H](O[C@@H]4O[C@H](CO)[C@@H](O)[C@H](O)[C@H]4O)[C@@H](O)[C@H]3O)cc2o1. The summed E-state index contributed by atoms with van der Waals surface area (Å²) in [5, 5.41) is 70.8. The van der Waals surface area contributed by atoms with E-state index in [2.05, 4.69) is 0 Å². The molecular weight excluding hydrogens is 472 g/mol. The molecule has 0 spiro atoms. The zero-order valence-corrected chi connectivity index (χ0v) is 18.8. The Bertz CT molecular complexity index is 1100. The van der Waals surface area contributed by atoms with Gasteiger partial charge in [0.15, 0.2) is 11.7 Å². The number of aliphatic hydroxyl groups excluding tert-OH is 6. The normalized spacial score (nSPS) is 37.9. The van der Waals surface area contributed by atoms with Crippen molar-refractivity contribution in [2.75, 3.05) is 6.61 Å². The summed E-state index contributed by atoms with van der Waals surface area (Å²) in [6.07, 6.45) is -14.7. The van der Waals surface area contributed by atoms with Gasteiger partial charge in [-0.2, -0.15) is 0 Å². The lowest BCUT2D eigenvalue weighted by atomic mass is 9.97. The van der Waals surface area contributed by atoms with Crippen LogP contribution in [0.1, 0.15) is 12.7 Å². The average molecular weight is 500 g/mol. The highest BCUT2D eigenvalue weighted by molar-refractivity contribution is 5.84. The molecule has 1 aromatic carbocycles. The Hall–Kier alpha value is -2.33. The second-order valence-corrected chi connectivity index (χ2v) is 8.64. The minimum atomic E-state index is -1.71. The minimum absolute atomic E-state index is 0.0134. The van der Waals surface area contributed by atoms with Gasteiger partial charge in [0, 0.05) is 18.2 Å². The van der Waals surface area contributed by atoms with E-state index in [0.29, 0.717) is 5.76 Å². The number of aryl methyl sites for hydroxylation is 1. The summed E-state index contributed by atoms with van der Waals surface area (Å²) in [7, 11) is 0. The molecule has 0 aliphatic carbocycles. The van der Waals surface area contributed by atoms with Crippen molar-refractivity contribution in [3.05, 3.63) is 34.2 Å². The summed E-state index contributed by atoms with van der Waals surface area (Å²) in [5.41, 5.74) is -0.397. The molecule has 0 radical (unpaired) electrons. The maximum Gasteiger partial charge on any atom is 0.229 e. The minimum Gasteiger partial charge on any atom is -0.507 e. The molecular formula is C22H28O13. The first-order valence-electron chi connectivity index (χ1n) is 10.9. The van der Waals surface area contributed by atoms with Gasteiger partial charge in [0.25, 0.3) is 0 Å². The van der Waals surface area contributed by atoms with Crippen LogP contribution < -0.4 is 10.2 Å². The molecule has 0 amide bonds. The molecule has 2 fully saturated rings. The van der Waals surface area contributed by atoms with E-state index in [0.717, 1.165) is 6.07 Å². The number of phenols is 1. The summed E-state index contributed by atoms with van der Waals surface area (Å²) in [6.45, 7) is 2.38. The second kappa shape index (κ2) is 9.97. The number of aliphatic hydroxyl groups is 6. The van der Waals surface area contributed by atoms with E-state index >= 15 is 0 Å². The molecule has 13 nitrogen and oxygen atoms in total. The van der Waals surface area contributed by atoms with Crippen LogP contribution in [-0.2, 0) is 14.2 Å². The highest BCUT2D eigenvalue weighted by Gasteiger charge is 2.50. The van der Waals surface area contributed by atoms with E-state index < -0.39 is 79.2 Å². The molecule has 2 aromatic rings. The Morgan fingerprint density at radius 3 is 2.29 bits per heavy atom. The highest BCUT2D eigenvalue weighted by atomic mass is 16.7. The first-order chi connectivity index (χ1) is 16.5. The molecule has 0 saturated carbocycles. The van der Waals surface area contributed by atoms with Gasteiger partial charge in [0.05, 0.1) is 12.7 Å². The maximum absolute atomic E-state index is 12.1. The van der Waals surface area contributed by atoms with Crippen molar-refractivity contribution in [1.82, 2.24) is 0 Å². The van der Waals surface area contributed by atoms with E-state index in [1.54, 1.807) is 6.92 Å². The molecule has 35 heavy (non-hydrogen) atoms. The van der Waals surface area contributed by atoms with E-state index in [1.807, 2.05) is 0 Å². The van der Waals surface area contributed by atoms with Crippen LogP contribution in [0.2, 0.25) is 0 Å². The van der Waals surface area contributed by atoms with Gasteiger partial charge in [0.1, 0.15) is 71.0 Å². The third-order valence-corrected chi connectivity index (χ3v) is 6.08. The monoisotopic (exact) mass is 500 g/mol. The lowest BCUT2D eigenvalue weighted by Crippen LogP contribution is -2.64. The molecule has 0 unspecified atom stereocenters. The fraction of sp³-hybridized carbons (Fsp3) is 0.591. The van der Waals surface area contributed by atoms with Crippen LogP contribution in [0.4, 0.5) is 0 Å². The largest absolute Gasteiger partial charge is 0.507 e. The number of rotatable bonds is 5. The summed E-state index contributed by atoms with van der Waals surface area (Å²) in [6, 6.07) is 3.69. The van der Waals surface area contributed by atoms with E-state index in [1.165, 1.54) is 19.1 Å². The third kappa shape index (κ3) is 4.87. The molecule has 0 bridgehead atoms. The van der Waals surface area contributed by atoms with Crippen molar-refractivity contribution in [3.63, 3.8) is 0 Å². The van der Waals surface area contributed by atoms with Crippen molar-refractivity contribution >= 4 is 11.0 Å². The van der Waals surface area contributed by atoms with Crippen LogP contribution in [0, 0.1) is 6.92 Å². The molecule has 3 heterocycles. The number of benzene rings is 1. The van der Waals surface area contributed by atoms with Gasteiger partial charge in [-0.05, 0) is 13.8 Å². The molecule has 1 aromatic heterocycles. The molecule has 2 aliphatic rings. The molecule has 2 saturated heterocycles. The predicted molar refractivity (Wildman–Crippen MR) is 115 cm³/mol. The number of hydrogen-bond acceptors (Lipinski definition) is 13. The lowest BCUT2D eigenvalue weighted by Gasteiger charge is -2.45. The van der Waals surface area contributed by atoms with Crippen LogP contribution in [0.5, 0.6) is 11.5 Å². The zero-order valence-electron chi connectivity index (χ0n) is 18.8. The van der Waals surface area contributed by atoms with Crippen molar-refractivity contribution in [2.45, 2.75) is 75.3 Å². The van der Waals surface area contributed by atoms with E-state index in [-0.39, 0.29) is 16.7 Å². The summed E-state index contributed by atoms with van der Waals surface area (Å²) in [4.78, 5) is 12.1. The molecule has 194 valence electrons. The van der Waals surface area contributed by atoms with Crippen LogP contribution in [0.15, 0.2) is 27.4 Å². The van der Waals surface area contributed by atoms with Gasteiger partial charge >= 0.3 is 0 Å². The second-order valence-electron chi connectivity index (χ2n) is 8.64. The summed E-state index contributed by atoms with van der Waals surface area (Å²) < 4.78 is 27.5. The molecule has 2 aliphatic heterocycles. The van der Waals surface area contributed by atoms with E-state index in [9.17, 15) is 40.5 Å². The van der Waals surface area contributed by atoms with Crippen LogP contribution in [-0.4, -0.2) is 104 Å². The van der Waals surface area contributed by atoms with Gasteiger partial charge < -0.3 is 59.1 Å². The van der Waals surface area contributed by atoms with Gasteiger partial charge in [-0.15, -0.1) is 0 Å². The van der Waals surface area contributed by atoms with Crippen LogP contribution in [0.25, 0.3) is 11.0 Å². The number of hydrogen-bond donors (Lipinski definition) is 7. The number of phenolic OH excluding ortho intramolecular Hbond substituents is 1. The van der Waals surface area contributed by atoms with Crippen molar-refractivity contribution in [1.29, 1.82) is 0 Å². The Labute approximate surface area is 198 Å². The van der Waals surface area contributed by atoms with Gasteiger partial charge in [0.2, 0.25) is 6.29 Å². The smallest absolute Gasteiger partial charge is 0.229 e. The van der Waals surface area contributed by atoms with Crippen LogP contribution in [0.3, 0.4) is 0 Å². The van der Waals surface area contributed by atoms with Crippen molar-refractivity contribution in [2.24, 2.45) is 0 Å². The maximum atomic E-state index is 12.1. The van der Waals surface area contributed by atoms with Gasteiger partial charge in [-0.1, -0.05) is 0 Å². The van der Waals surface area contributed by atoms with E-state index in [4.69, 9.17) is 23.4 Å². The summed E-state index contributed by atoms with van der Waals surface area (Å²) in [5.74, 6) is -0.111. The Kier molecular flexibility index (Phi) is 7.33. The Morgan fingerprint density at radius 2 is 1.60 bits per heavy atom. The quantitative estimate of drug-likeness (QED) is 0.234. The first-order valence-corrected chi connectivity index (χ1v) is 10.9. The summed E-state index contributed by atoms with van der Waals surface area (Å²) >= 11 is 0. The van der Waals surface area contributed by atoms with Gasteiger partial charge in [-0.25, -0.2) is 0 Å². The number of fused-ring (bicyclic) bond motifs is 1. The topological polar surface area (TPSA) is 209 Å².